The minimum absolute atomic E-state index is 0.166. The Kier molecular flexibility index (Phi) is 5.19. The van der Waals surface area contributed by atoms with Gasteiger partial charge in [0.05, 0.1) is 12.5 Å². The molecule has 2 fully saturated rings. The van der Waals surface area contributed by atoms with Crippen molar-refractivity contribution >= 4 is 11.9 Å². The number of amides is 1. The van der Waals surface area contributed by atoms with Gasteiger partial charge in [0, 0.05) is 6.61 Å². The van der Waals surface area contributed by atoms with Gasteiger partial charge in [0.2, 0.25) is 5.91 Å². The molecule has 1 aliphatic carbocycles. The zero-order valence-corrected chi connectivity index (χ0v) is 11.3. The number of aliphatic carboxylic acids is 1. The smallest absolute Gasteiger partial charge is 0.326 e. The molecule has 5 nitrogen and oxygen atoms in total. The van der Waals surface area contributed by atoms with Crippen molar-refractivity contribution in [3.63, 3.8) is 0 Å². The first-order valence-electron chi connectivity index (χ1n) is 7.27. The van der Waals surface area contributed by atoms with Gasteiger partial charge in [-0.05, 0) is 18.8 Å². The molecule has 1 amide bonds. The Bertz CT molecular complexity index is 319. The summed E-state index contributed by atoms with van der Waals surface area (Å²) in [5.74, 6) is -0.818. The van der Waals surface area contributed by atoms with Gasteiger partial charge in [-0.2, -0.15) is 0 Å². The molecule has 0 bridgehead atoms. The molecule has 0 aromatic heterocycles. The number of nitrogens with one attached hydrogen (secondary N) is 1. The number of hydrogen-bond donors (Lipinski definition) is 2. The third kappa shape index (κ3) is 4.20. The van der Waals surface area contributed by atoms with Crippen molar-refractivity contribution in [2.75, 3.05) is 13.2 Å². The lowest BCUT2D eigenvalue weighted by Gasteiger charge is -2.25. The van der Waals surface area contributed by atoms with E-state index in [1.165, 1.54) is 19.3 Å². The van der Waals surface area contributed by atoms with Gasteiger partial charge in [0.1, 0.15) is 6.04 Å². The minimum Gasteiger partial charge on any atom is -0.480 e. The lowest BCUT2D eigenvalue weighted by Crippen LogP contribution is -2.45. The number of hydrogen-bond acceptors (Lipinski definition) is 3. The number of carboxylic acid groups (broad SMARTS) is 1. The molecule has 0 spiro atoms. The molecular formula is C14H23NO4. The second-order valence-electron chi connectivity index (χ2n) is 5.70. The predicted molar refractivity (Wildman–Crippen MR) is 69.7 cm³/mol. The number of carbonyl (C=O) groups excluding carboxylic acids is 1. The van der Waals surface area contributed by atoms with E-state index in [1.807, 2.05) is 0 Å². The number of carboxylic acids is 1. The van der Waals surface area contributed by atoms with Crippen molar-refractivity contribution in [3.8, 4) is 0 Å². The molecule has 2 N–H and O–H groups in total. The Morgan fingerprint density at radius 2 is 1.95 bits per heavy atom. The molecule has 1 saturated heterocycles. The van der Waals surface area contributed by atoms with E-state index in [1.54, 1.807) is 0 Å². The first-order valence-corrected chi connectivity index (χ1v) is 7.27. The van der Waals surface area contributed by atoms with Crippen molar-refractivity contribution in [3.05, 3.63) is 0 Å². The van der Waals surface area contributed by atoms with Crippen LogP contribution in [0.3, 0.4) is 0 Å². The fraction of sp³-hybridized carbons (Fsp3) is 0.857. The Morgan fingerprint density at radius 1 is 1.21 bits per heavy atom. The van der Waals surface area contributed by atoms with E-state index in [9.17, 15) is 14.7 Å². The first kappa shape index (κ1) is 14.3. The van der Waals surface area contributed by atoms with Crippen LogP contribution in [-0.2, 0) is 14.3 Å². The predicted octanol–water partition coefficient (Wildman–Crippen LogP) is 1.56. The molecule has 108 valence electrons. The van der Waals surface area contributed by atoms with E-state index in [0.29, 0.717) is 32.0 Å². The summed E-state index contributed by atoms with van der Waals surface area (Å²) < 4.78 is 5.16. The Labute approximate surface area is 113 Å². The van der Waals surface area contributed by atoms with Crippen LogP contribution < -0.4 is 5.32 Å². The van der Waals surface area contributed by atoms with Gasteiger partial charge in [0.25, 0.3) is 0 Å². The molecule has 2 atom stereocenters. The fourth-order valence-corrected chi connectivity index (χ4v) is 3.01. The molecule has 2 unspecified atom stereocenters. The van der Waals surface area contributed by atoms with Crippen LogP contribution >= 0.6 is 0 Å². The van der Waals surface area contributed by atoms with Gasteiger partial charge in [-0.15, -0.1) is 0 Å². The fourth-order valence-electron chi connectivity index (χ4n) is 3.01. The molecule has 0 radical (unpaired) electrons. The van der Waals surface area contributed by atoms with E-state index in [2.05, 4.69) is 5.32 Å². The quantitative estimate of drug-likeness (QED) is 0.794. The Morgan fingerprint density at radius 3 is 2.53 bits per heavy atom. The summed E-state index contributed by atoms with van der Waals surface area (Å²) in [5, 5.41) is 11.9. The standard InChI is InChI=1S/C14H23NO4/c16-13(11-6-7-19-9-11)15-12(14(17)18)8-10-4-2-1-3-5-10/h10-12H,1-9H2,(H,15,16)(H,17,18). The van der Waals surface area contributed by atoms with Crippen LogP contribution in [-0.4, -0.2) is 36.2 Å². The van der Waals surface area contributed by atoms with Crippen molar-refractivity contribution in [1.29, 1.82) is 0 Å². The van der Waals surface area contributed by atoms with Crippen LogP contribution in [0.2, 0.25) is 0 Å². The summed E-state index contributed by atoms with van der Waals surface area (Å²) in [6.07, 6.45) is 7.05. The SMILES string of the molecule is O=C(NC(CC1CCCCC1)C(=O)O)C1CCOC1. The third-order valence-corrected chi connectivity index (χ3v) is 4.21. The van der Waals surface area contributed by atoms with E-state index >= 15 is 0 Å². The molecule has 1 saturated carbocycles. The summed E-state index contributed by atoms with van der Waals surface area (Å²) in [5.41, 5.74) is 0. The van der Waals surface area contributed by atoms with Gasteiger partial charge >= 0.3 is 5.97 Å². The Hall–Kier alpha value is -1.10. The van der Waals surface area contributed by atoms with Crippen LogP contribution in [0.15, 0.2) is 0 Å². The van der Waals surface area contributed by atoms with Gasteiger partial charge in [-0.1, -0.05) is 32.1 Å². The zero-order chi connectivity index (χ0) is 13.7. The average Bonchev–Trinajstić information content (AvgIpc) is 2.93. The van der Waals surface area contributed by atoms with E-state index < -0.39 is 12.0 Å². The summed E-state index contributed by atoms with van der Waals surface area (Å²) in [6.45, 7) is 1.01. The summed E-state index contributed by atoms with van der Waals surface area (Å²) in [6, 6.07) is -0.740. The molecule has 0 aromatic carbocycles. The highest BCUT2D eigenvalue weighted by Crippen LogP contribution is 2.27. The maximum Gasteiger partial charge on any atom is 0.326 e. The lowest BCUT2D eigenvalue weighted by molar-refractivity contribution is -0.143. The molecule has 2 aliphatic rings. The molecule has 1 heterocycles. The van der Waals surface area contributed by atoms with Gasteiger partial charge < -0.3 is 15.2 Å². The van der Waals surface area contributed by atoms with Crippen molar-refractivity contribution in [2.24, 2.45) is 11.8 Å². The van der Waals surface area contributed by atoms with Crippen LogP contribution in [0, 0.1) is 11.8 Å². The van der Waals surface area contributed by atoms with Crippen LogP contribution in [0.25, 0.3) is 0 Å². The number of ether oxygens (including phenoxy) is 1. The summed E-state index contributed by atoms with van der Waals surface area (Å²) in [4.78, 5) is 23.2. The van der Waals surface area contributed by atoms with Crippen LogP contribution in [0.4, 0.5) is 0 Å². The molecular weight excluding hydrogens is 246 g/mol. The van der Waals surface area contributed by atoms with E-state index in [0.717, 1.165) is 12.8 Å². The van der Waals surface area contributed by atoms with E-state index in [-0.39, 0.29) is 11.8 Å². The lowest BCUT2D eigenvalue weighted by atomic mass is 9.84. The second kappa shape index (κ2) is 6.89. The number of rotatable bonds is 5. The highest BCUT2D eigenvalue weighted by Gasteiger charge is 2.29. The van der Waals surface area contributed by atoms with E-state index in [4.69, 9.17) is 4.74 Å². The molecule has 0 aromatic rings. The average molecular weight is 269 g/mol. The van der Waals surface area contributed by atoms with Gasteiger partial charge in [0.15, 0.2) is 0 Å². The molecule has 19 heavy (non-hydrogen) atoms. The molecule has 2 rings (SSSR count). The molecule has 5 heteroatoms. The second-order valence-corrected chi connectivity index (χ2v) is 5.70. The zero-order valence-electron chi connectivity index (χ0n) is 11.3. The van der Waals surface area contributed by atoms with Crippen LogP contribution in [0.5, 0.6) is 0 Å². The highest BCUT2D eigenvalue weighted by atomic mass is 16.5. The topological polar surface area (TPSA) is 75.6 Å². The largest absolute Gasteiger partial charge is 0.480 e. The minimum atomic E-state index is -0.919. The third-order valence-electron chi connectivity index (χ3n) is 4.21. The first-order chi connectivity index (χ1) is 9.16. The normalized spacial score (nSPS) is 26.0. The summed E-state index contributed by atoms with van der Waals surface area (Å²) in [7, 11) is 0. The Balaban J connectivity index is 1.84. The van der Waals surface area contributed by atoms with Crippen molar-refractivity contribution in [1.82, 2.24) is 5.32 Å². The highest BCUT2D eigenvalue weighted by molar-refractivity contribution is 5.85. The van der Waals surface area contributed by atoms with Gasteiger partial charge in [-0.25, -0.2) is 4.79 Å². The van der Waals surface area contributed by atoms with Gasteiger partial charge in [-0.3, -0.25) is 4.79 Å². The monoisotopic (exact) mass is 269 g/mol. The van der Waals surface area contributed by atoms with Crippen LogP contribution in [0.1, 0.15) is 44.9 Å². The maximum atomic E-state index is 11.9. The summed E-state index contributed by atoms with van der Waals surface area (Å²) >= 11 is 0. The van der Waals surface area contributed by atoms with Crippen molar-refractivity contribution in [2.45, 2.75) is 51.0 Å². The molecule has 1 aliphatic heterocycles. The number of carbonyl (C=O) groups is 2. The van der Waals surface area contributed by atoms with Crippen molar-refractivity contribution < 1.29 is 19.4 Å². The maximum absolute atomic E-state index is 11.9.